The van der Waals surface area contributed by atoms with Crippen molar-refractivity contribution in [3.05, 3.63) is 16.1 Å². The standard InChI is InChI=1S/C15H23N3OS/c1-9(2)18(12-6-7-12)15(19)17-13(11-4-5-11)14-16-8-10(3)20-14/h8-9,11-13H,4-7H2,1-3H3,(H,17,19)/t13-/m1/s1. The van der Waals surface area contributed by atoms with Crippen LogP contribution in [-0.4, -0.2) is 28.0 Å². The smallest absolute Gasteiger partial charge is 0.318 e. The molecule has 4 nitrogen and oxygen atoms in total. The summed E-state index contributed by atoms with van der Waals surface area (Å²) in [7, 11) is 0. The van der Waals surface area contributed by atoms with Gasteiger partial charge in [0.25, 0.3) is 0 Å². The lowest BCUT2D eigenvalue weighted by molar-refractivity contribution is 0.174. The van der Waals surface area contributed by atoms with E-state index in [1.165, 1.54) is 17.7 Å². The lowest BCUT2D eigenvalue weighted by Gasteiger charge is -2.29. The Morgan fingerprint density at radius 3 is 2.55 bits per heavy atom. The number of hydrogen-bond donors (Lipinski definition) is 1. The number of carbonyl (C=O) groups excluding carboxylic acids is 1. The molecule has 110 valence electrons. The highest BCUT2D eigenvalue weighted by atomic mass is 32.1. The molecule has 0 aromatic carbocycles. The molecule has 0 saturated heterocycles. The minimum Gasteiger partial charge on any atom is -0.328 e. The van der Waals surface area contributed by atoms with E-state index in [2.05, 4.69) is 31.1 Å². The Morgan fingerprint density at radius 2 is 2.10 bits per heavy atom. The molecule has 0 radical (unpaired) electrons. The summed E-state index contributed by atoms with van der Waals surface area (Å²) in [5.41, 5.74) is 0. The predicted octanol–water partition coefficient (Wildman–Crippen LogP) is 3.49. The highest BCUT2D eigenvalue weighted by Gasteiger charge is 2.39. The van der Waals surface area contributed by atoms with E-state index in [1.54, 1.807) is 11.3 Å². The first kappa shape index (κ1) is 13.9. The maximum atomic E-state index is 12.6. The Bertz CT molecular complexity index is 489. The molecule has 2 fully saturated rings. The Morgan fingerprint density at radius 1 is 1.40 bits per heavy atom. The second kappa shape index (κ2) is 5.35. The van der Waals surface area contributed by atoms with Crippen LogP contribution < -0.4 is 5.32 Å². The van der Waals surface area contributed by atoms with E-state index >= 15 is 0 Å². The van der Waals surface area contributed by atoms with Crippen molar-refractivity contribution < 1.29 is 4.79 Å². The van der Waals surface area contributed by atoms with Crippen LogP contribution in [0.25, 0.3) is 0 Å². The molecule has 2 aliphatic carbocycles. The predicted molar refractivity (Wildman–Crippen MR) is 80.8 cm³/mol. The van der Waals surface area contributed by atoms with Crippen molar-refractivity contribution in [2.45, 2.75) is 64.6 Å². The minimum absolute atomic E-state index is 0.0900. The van der Waals surface area contributed by atoms with Crippen molar-refractivity contribution >= 4 is 17.4 Å². The van der Waals surface area contributed by atoms with Gasteiger partial charge in [-0.15, -0.1) is 11.3 Å². The quantitative estimate of drug-likeness (QED) is 0.903. The zero-order chi connectivity index (χ0) is 14.3. The van der Waals surface area contributed by atoms with Gasteiger partial charge in [-0.1, -0.05) is 0 Å². The van der Waals surface area contributed by atoms with Crippen LogP contribution in [0.1, 0.15) is 55.5 Å². The first-order chi connectivity index (χ1) is 9.56. The maximum Gasteiger partial charge on any atom is 0.318 e. The second-order valence-corrected chi connectivity index (χ2v) is 7.57. The van der Waals surface area contributed by atoms with Crippen molar-refractivity contribution in [2.75, 3.05) is 0 Å². The van der Waals surface area contributed by atoms with Crippen LogP contribution in [0.3, 0.4) is 0 Å². The normalized spacial score (nSPS) is 20.0. The van der Waals surface area contributed by atoms with Gasteiger partial charge in [0.15, 0.2) is 0 Å². The van der Waals surface area contributed by atoms with Crippen molar-refractivity contribution in [1.82, 2.24) is 15.2 Å². The number of aromatic nitrogens is 1. The van der Waals surface area contributed by atoms with Crippen LogP contribution >= 0.6 is 11.3 Å². The molecule has 1 heterocycles. The number of aryl methyl sites for hydroxylation is 1. The average molecular weight is 293 g/mol. The summed E-state index contributed by atoms with van der Waals surface area (Å²) in [6.07, 6.45) is 6.61. The highest BCUT2D eigenvalue weighted by Crippen LogP contribution is 2.42. The molecule has 3 rings (SSSR count). The van der Waals surface area contributed by atoms with Crippen LogP contribution in [0.4, 0.5) is 4.79 Å². The van der Waals surface area contributed by atoms with Gasteiger partial charge in [0.2, 0.25) is 0 Å². The minimum atomic E-state index is 0.0900. The van der Waals surface area contributed by atoms with Crippen LogP contribution in [0.2, 0.25) is 0 Å². The summed E-state index contributed by atoms with van der Waals surface area (Å²) >= 11 is 1.71. The summed E-state index contributed by atoms with van der Waals surface area (Å²) in [6, 6.07) is 0.918. The number of hydrogen-bond acceptors (Lipinski definition) is 3. The summed E-state index contributed by atoms with van der Waals surface area (Å²) in [5, 5.41) is 4.31. The van der Waals surface area contributed by atoms with Crippen LogP contribution in [0, 0.1) is 12.8 Å². The number of urea groups is 1. The fourth-order valence-electron chi connectivity index (χ4n) is 2.71. The Balaban J connectivity index is 1.71. The maximum absolute atomic E-state index is 12.6. The number of nitrogens with zero attached hydrogens (tertiary/aromatic N) is 2. The fraction of sp³-hybridized carbons (Fsp3) is 0.733. The van der Waals surface area contributed by atoms with Gasteiger partial charge in [-0.2, -0.15) is 0 Å². The van der Waals surface area contributed by atoms with Gasteiger partial charge in [0.05, 0.1) is 6.04 Å². The van der Waals surface area contributed by atoms with Crippen molar-refractivity contribution in [3.8, 4) is 0 Å². The Hall–Kier alpha value is -1.10. The molecule has 2 aliphatic rings. The SMILES string of the molecule is Cc1cnc([C@H](NC(=O)N(C(C)C)C2CC2)C2CC2)s1. The lowest BCUT2D eigenvalue weighted by atomic mass is 10.2. The number of thiazole rings is 1. The van der Waals surface area contributed by atoms with Gasteiger partial charge in [-0.3, -0.25) is 0 Å². The van der Waals surface area contributed by atoms with E-state index < -0.39 is 0 Å². The zero-order valence-electron chi connectivity index (χ0n) is 12.4. The number of carbonyl (C=O) groups is 1. The van der Waals surface area contributed by atoms with Gasteiger partial charge in [0, 0.05) is 23.2 Å². The van der Waals surface area contributed by atoms with Crippen molar-refractivity contribution in [2.24, 2.45) is 5.92 Å². The largest absolute Gasteiger partial charge is 0.328 e. The third-order valence-electron chi connectivity index (χ3n) is 4.01. The van der Waals surface area contributed by atoms with Crippen LogP contribution in [0.5, 0.6) is 0 Å². The molecule has 2 amide bonds. The summed E-state index contributed by atoms with van der Waals surface area (Å²) in [4.78, 5) is 20.3. The van der Waals surface area contributed by atoms with E-state index in [-0.39, 0.29) is 18.1 Å². The van der Waals surface area contributed by atoms with Crippen molar-refractivity contribution in [1.29, 1.82) is 0 Å². The topological polar surface area (TPSA) is 45.2 Å². The monoisotopic (exact) mass is 293 g/mol. The third-order valence-corrected chi connectivity index (χ3v) is 5.00. The molecule has 1 aromatic rings. The molecule has 0 aliphatic heterocycles. The molecule has 20 heavy (non-hydrogen) atoms. The Labute approximate surface area is 124 Å². The van der Waals surface area contributed by atoms with Crippen LogP contribution in [-0.2, 0) is 0 Å². The van der Waals surface area contributed by atoms with E-state index in [0.717, 1.165) is 17.8 Å². The highest BCUT2D eigenvalue weighted by molar-refractivity contribution is 7.11. The molecule has 5 heteroatoms. The van der Waals surface area contributed by atoms with Gasteiger partial charge in [0.1, 0.15) is 5.01 Å². The lowest BCUT2D eigenvalue weighted by Crippen LogP contribution is -2.46. The molecule has 0 bridgehead atoms. The number of amides is 2. The zero-order valence-corrected chi connectivity index (χ0v) is 13.2. The molecule has 1 aromatic heterocycles. The Kier molecular flexibility index (Phi) is 3.71. The molecular formula is C15H23N3OS. The molecule has 0 spiro atoms. The average Bonchev–Trinajstić information content (AvgIpc) is 3.26. The van der Waals surface area contributed by atoms with E-state index in [4.69, 9.17) is 0 Å². The molecule has 0 unspecified atom stereocenters. The van der Waals surface area contributed by atoms with Crippen molar-refractivity contribution in [3.63, 3.8) is 0 Å². The third kappa shape index (κ3) is 2.97. The van der Waals surface area contributed by atoms with Gasteiger partial charge in [-0.25, -0.2) is 9.78 Å². The summed E-state index contributed by atoms with van der Waals surface area (Å²) < 4.78 is 0. The summed E-state index contributed by atoms with van der Waals surface area (Å²) in [5.74, 6) is 0.581. The molecule has 1 atom stereocenters. The van der Waals surface area contributed by atoms with Crippen LogP contribution in [0.15, 0.2) is 6.20 Å². The fourth-order valence-corrected chi connectivity index (χ4v) is 3.63. The first-order valence-corrected chi connectivity index (χ1v) is 8.39. The molecule has 2 saturated carbocycles. The van der Waals surface area contributed by atoms with E-state index in [9.17, 15) is 4.79 Å². The van der Waals surface area contributed by atoms with E-state index in [0.29, 0.717) is 12.0 Å². The number of rotatable bonds is 5. The van der Waals surface area contributed by atoms with Gasteiger partial charge >= 0.3 is 6.03 Å². The second-order valence-electron chi connectivity index (χ2n) is 6.31. The van der Waals surface area contributed by atoms with E-state index in [1.807, 2.05) is 11.1 Å². The number of nitrogens with one attached hydrogen (secondary N) is 1. The van der Waals surface area contributed by atoms with Gasteiger partial charge in [-0.05, 0) is 52.4 Å². The molecular weight excluding hydrogens is 270 g/mol. The molecule has 1 N–H and O–H groups in total. The summed E-state index contributed by atoms with van der Waals surface area (Å²) in [6.45, 7) is 6.26. The first-order valence-electron chi connectivity index (χ1n) is 7.57. The van der Waals surface area contributed by atoms with Gasteiger partial charge < -0.3 is 10.2 Å².